The number of fused-ring (bicyclic) bond motifs is 2. The zero-order valence-corrected chi connectivity index (χ0v) is 22.7. The molecule has 0 atom stereocenters. The topological polar surface area (TPSA) is 99.4 Å². The summed E-state index contributed by atoms with van der Waals surface area (Å²) in [6.07, 6.45) is 0. The Kier molecular flexibility index (Phi) is 7.08. The molecule has 2 heterocycles. The van der Waals surface area contributed by atoms with Gasteiger partial charge in [0.1, 0.15) is 17.3 Å². The van der Waals surface area contributed by atoms with Crippen molar-refractivity contribution in [2.45, 2.75) is 13.1 Å². The van der Waals surface area contributed by atoms with Gasteiger partial charge >= 0.3 is 5.69 Å². The van der Waals surface area contributed by atoms with Crippen LogP contribution in [0.3, 0.4) is 0 Å². The van der Waals surface area contributed by atoms with Crippen LogP contribution < -0.4 is 31.4 Å². The lowest BCUT2D eigenvalue weighted by atomic mass is 9.96. The third-order valence-corrected chi connectivity index (χ3v) is 6.96. The van der Waals surface area contributed by atoms with Gasteiger partial charge in [0.05, 0.1) is 19.6 Å². The number of nitrogens with one attached hydrogen (secondary N) is 2. The maximum absolute atomic E-state index is 13.6. The van der Waals surface area contributed by atoms with Crippen LogP contribution in [0.1, 0.15) is 11.1 Å². The first-order valence-corrected chi connectivity index (χ1v) is 12.6. The van der Waals surface area contributed by atoms with Crippen LogP contribution in [0.25, 0.3) is 32.9 Å². The van der Waals surface area contributed by atoms with Crippen molar-refractivity contribution in [1.29, 1.82) is 0 Å². The van der Waals surface area contributed by atoms with Crippen LogP contribution in [0.15, 0.2) is 70.3 Å². The van der Waals surface area contributed by atoms with Gasteiger partial charge in [-0.3, -0.25) is 13.9 Å². The van der Waals surface area contributed by atoms with Crippen molar-refractivity contribution in [1.82, 2.24) is 19.4 Å². The molecule has 0 aliphatic heterocycles. The van der Waals surface area contributed by atoms with E-state index in [9.17, 15) is 9.59 Å². The van der Waals surface area contributed by atoms with Crippen LogP contribution in [0, 0.1) is 0 Å². The number of aryl methyl sites for hydroxylation is 1. The number of hydrogen-bond acceptors (Lipinski definition) is 7. The quantitative estimate of drug-likeness (QED) is 0.318. The summed E-state index contributed by atoms with van der Waals surface area (Å²) in [4.78, 5) is 31.3. The summed E-state index contributed by atoms with van der Waals surface area (Å²) < 4.78 is 13.6. The summed E-state index contributed by atoms with van der Waals surface area (Å²) in [5, 5.41) is 9.36. The maximum Gasteiger partial charge on any atom is 0.332 e. The SMILES string of the molecule is CNCc1c(NCc2ccc3ccccc3c2)nc2c(c1-c1cc(OC)cc(OC)c1)c(=O)n(C)c(=O)n2C. The molecule has 0 radical (unpaired) electrons. The van der Waals surface area contributed by atoms with Gasteiger partial charge in [-0.1, -0.05) is 36.4 Å². The molecule has 3 aromatic carbocycles. The summed E-state index contributed by atoms with van der Waals surface area (Å²) in [5.74, 6) is 1.74. The highest BCUT2D eigenvalue weighted by Crippen LogP contribution is 2.37. The smallest absolute Gasteiger partial charge is 0.332 e. The maximum atomic E-state index is 13.6. The molecule has 0 fully saturated rings. The average molecular weight is 526 g/mol. The summed E-state index contributed by atoms with van der Waals surface area (Å²) in [7, 11) is 8.10. The molecule has 0 aliphatic rings. The van der Waals surface area contributed by atoms with Crippen molar-refractivity contribution in [2.75, 3.05) is 26.6 Å². The Morgan fingerprint density at radius 1 is 0.846 bits per heavy atom. The minimum Gasteiger partial charge on any atom is -0.497 e. The Labute approximate surface area is 225 Å². The Balaban J connectivity index is 1.77. The molecule has 2 aromatic heterocycles. The lowest BCUT2D eigenvalue weighted by Crippen LogP contribution is -2.38. The number of hydrogen-bond donors (Lipinski definition) is 2. The second-order valence-corrected chi connectivity index (χ2v) is 9.39. The van der Waals surface area contributed by atoms with E-state index in [-0.39, 0.29) is 0 Å². The van der Waals surface area contributed by atoms with E-state index in [2.05, 4.69) is 41.0 Å². The fourth-order valence-electron chi connectivity index (χ4n) is 4.93. The predicted octanol–water partition coefficient (Wildman–Crippen LogP) is 3.80. The number of benzene rings is 3. The van der Waals surface area contributed by atoms with Crippen LogP contribution in [0.2, 0.25) is 0 Å². The predicted molar refractivity (Wildman–Crippen MR) is 155 cm³/mol. The van der Waals surface area contributed by atoms with E-state index in [4.69, 9.17) is 14.5 Å². The normalized spacial score (nSPS) is 11.2. The van der Waals surface area contributed by atoms with Crippen molar-refractivity contribution >= 4 is 27.6 Å². The molecular weight excluding hydrogens is 494 g/mol. The molecule has 5 aromatic rings. The van der Waals surface area contributed by atoms with Crippen LogP contribution in [-0.4, -0.2) is 35.4 Å². The van der Waals surface area contributed by atoms with Gasteiger partial charge in [-0.2, -0.15) is 0 Å². The summed E-state index contributed by atoms with van der Waals surface area (Å²) in [5.41, 5.74) is 2.66. The average Bonchev–Trinajstić information content (AvgIpc) is 2.97. The summed E-state index contributed by atoms with van der Waals surface area (Å²) in [6, 6.07) is 20.0. The minimum absolute atomic E-state index is 0.292. The van der Waals surface area contributed by atoms with Crippen LogP contribution in [0.5, 0.6) is 11.5 Å². The van der Waals surface area contributed by atoms with Crippen LogP contribution in [-0.2, 0) is 27.2 Å². The molecule has 0 spiro atoms. The number of nitrogens with zero attached hydrogens (tertiary/aromatic N) is 3. The monoisotopic (exact) mass is 525 g/mol. The number of ether oxygens (including phenoxy) is 2. The second kappa shape index (κ2) is 10.6. The number of rotatable bonds is 8. The molecule has 0 aliphatic carbocycles. The zero-order valence-electron chi connectivity index (χ0n) is 22.7. The van der Waals surface area contributed by atoms with Gasteiger partial charge in [0.15, 0.2) is 5.65 Å². The van der Waals surface area contributed by atoms with Gasteiger partial charge in [0, 0.05) is 44.4 Å². The fourth-order valence-corrected chi connectivity index (χ4v) is 4.93. The van der Waals surface area contributed by atoms with E-state index in [0.717, 1.165) is 21.1 Å². The highest BCUT2D eigenvalue weighted by Gasteiger charge is 2.23. The molecule has 0 amide bonds. The number of methoxy groups -OCH3 is 2. The summed E-state index contributed by atoms with van der Waals surface area (Å²) >= 11 is 0. The van der Waals surface area contributed by atoms with Gasteiger partial charge in [-0.15, -0.1) is 0 Å². The molecule has 0 saturated heterocycles. The molecule has 9 nitrogen and oxygen atoms in total. The molecule has 0 bridgehead atoms. The lowest BCUT2D eigenvalue weighted by molar-refractivity contribution is 0.394. The van der Waals surface area contributed by atoms with Gasteiger partial charge in [-0.25, -0.2) is 9.78 Å². The molecule has 9 heteroatoms. The highest BCUT2D eigenvalue weighted by molar-refractivity contribution is 5.97. The largest absolute Gasteiger partial charge is 0.497 e. The first kappa shape index (κ1) is 26.0. The van der Waals surface area contributed by atoms with E-state index in [1.165, 1.54) is 17.0 Å². The number of anilines is 1. The molecule has 0 unspecified atom stereocenters. The first-order valence-electron chi connectivity index (χ1n) is 12.6. The molecule has 0 saturated carbocycles. The molecule has 5 rings (SSSR count). The number of pyridine rings is 1. The Morgan fingerprint density at radius 2 is 1.54 bits per heavy atom. The summed E-state index contributed by atoms with van der Waals surface area (Å²) in [6.45, 7) is 0.920. The van der Waals surface area contributed by atoms with E-state index in [1.807, 2.05) is 31.3 Å². The van der Waals surface area contributed by atoms with Crippen molar-refractivity contribution in [3.8, 4) is 22.6 Å². The Bertz CT molecular complexity index is 1800. The van der Waals surface area contributed by atoms with Gasteiger partial charge in [0.2, 0.25) is 0 Å². The Hall–Kier alpha value is -4.63. The molecule has 2 N–H and O–H groups in total. The second-order valence-electron chi connectivity index (χ2n) is 9.39. The van der Waals surface area contributed by atoms with Crippen LogP contribution in [0.4, 0.5) is 5.82 Å². The van der Waals surface area contributed by atoms with Crippen molar-refractivity contribution < 1.29 is 9.47 Å². The van der Waals surface area contributed by atoms with E-state index < -0.39 is 11.2 Å². The zero-order chi connectivity index (χ0) is 27.7. The highest BCUT2D eigenvalue weighted by atomic mass is 16.5. The third kappa shape index (κ3) is 4.72. The standard InChI is InChI=1S/C30H31N5O4/c1-31-17-24-25(21-13-22(38-4)15-23(14-21)39-5)26-28(34(2)30(37)35(3)29(26)36)33-27(24)32-16-18-10-11-19-8-6-7-9-20(19)12-18/h6-15,31H,16-17H2,1-5H3,(H,32,33). The van der Waals surface area contributed by atoms with Crippen molar-refractivity contribution in [2.24, 2.45) is 14.1 Å². The third-order valence-electron chi connectivity index (χ3n) is 6.96. The van der Waals surface area contributed by atoms with E-state index in [1.54, 1.807) is 27.3 Å². The van der Waals surface area contributed by atoms with E-state index >= 15 is 0 Å². The van der Waals surface area contributed by atoms with Gasteiger partial charge in [-0.05, 0) is 47.1 Å². The first-order chi connectivity index (χ1) is 18.9. The molecule has 200 valence electrons. The molecular formula is C30H31N5O4. The van der Waals surface area contributed by atoms with Crippen molar-refractivity contribution in [3.05, 3.63) is 92.6 Å². The van der Waals surface area contributed by atoms with Crippen molar-refractivity contribution in [3.63, 3.8) is 0 Å². The minimum atomic E-state index is -0.448. The Morgan fingerprint density at radius 3 is 2.21 bits per heavy atom. The fraction of sp³-hybridized carbons (Fsp3) is 0.233. The van der Waals surface area contributed by atoms with Crippen LogP contribution >= 0.6 is 0 Å². The lowest BCUT2D eigenvalue weighted by Gasteiger charge is -2.20. The van der Waals surface area contributed by atoms with E-state index in [0.29, 0.717) is 52.6 Å². The molecule has 39 heavy (non-hydrogen) atoms. The van der Waals surface area contributed by atoms with Gasteiger partial charge < -0.3 is 20.1 Å². The van der Waals surface area contributed by atoms with Gasteiger partial charge in [0.25, 0.3) is 5.56 Å². The number of aromatic nitrogens is 3.